The summed E-state index contributed by atoms with van der Waals surface area (Å²) in [5.74, 6) is -0.633. The Labute approximate surface area is 212 Å². The quantitative estimate of drug-likeness (QED) is 0.204. The summed E-state index contributed by atoms with van der Waals surface area (Å²) < 4.78 is 1.70. The fraction of sp³-hybridized carbons (Fsp3) is 0. The van der Waals surface area contributed by atoms with Crippen molar-refractivity contribution in [3.05, 3.63) is 149 Å². The zero-order valence-corrected chi connectivity index (χ0v) is 20.0. The van der Waals surface area contributed by atoms with E-state index >= 15 is 0 Å². The summed E-state index contributed by atoms with van der Waals surface area (Å²) in [6.45, 7) is 0. The Balaban J connectivity index is 1.69. The van der Waals surface area contributed by atoms with E-state index in [-0.39, 0.29) is 17.3 Å². The van der Waals surface area contributed by atoms with Crippen molar-refractivity contribution >= 4 is 22.9 Å². The average molecular weight is 488 g/mol. The lowest BCUT2D eigenvalue weighted by atomic mass is 10.1. The average Bonchev–Trinajstić information content (AvgIpc) is 3.38. The van der Waals surface area contributed by atoms with Crippen molar-refractivity contribution in [2.24, 2.45) is 4.99 Å². The van der Waals surface area contributed by atoms with Gasteiger partial charge in [0.2, 0.25) is 10.6 Å². The number of ketones is 2. The molecule has 1 heterocycles. The number of benzene rings is 4. The van der Waals surface area contributed by atoms with Crippen LogP contribution in [0.25, 0.3) is 16.3 Å². The first-order valence-electron chi connectivity index (χ1n) is 11.4. The van der Waals surface area contributed by atoms with E-state index in [1.807, 2.05) is 72.8 Å². The van der Waals surface area contributed by atoms with Crippen LogP contribution in [0.2, 0.25) is 0 Å². The zero-order chi connectivity index (χ0) is 24.7. The molecule has 0 aliphatic heterocycles. The molecule has 0 aliphatic carbocycles. The molecule has 174 valence electrons. The molecule has 0 unspecified atom stereocenters. The molecule has 36 heavy (non-hydrogen) atoms. The van der Waals surface area contributed by atoms with Gasteiger partial charge in [-0.2, -0.15) is 5.10 Å². The molecule has 0 N–H and O–H groups in total. The van der Waals surface area contributed by atoms with Crippen LogP contribution in [0.3, 0.4) is 0 Å². The standard InChI is InChI=1S/C30H21N3O2S/c34-27(22-13-5-1-6-14-22)21-26(28(35)23-15-7-2-8-16-23)31-30-33(25-19-11-4-12-20-25)32-29(36-30)24-17-9-3-10-18-24/h1-21H/b26-21-,31-30+. The molecule has 0 bridgehead atoms. The lowest BCUT2D eigenvalue weighted by Crippen LogP contribution is -2.17. The van der Waals surface area contributed by atoms with E-state index in [4.69, 9.17) is 10.1 Å². The van der Waals surface area contributed by atoms with Crippen molar-refractivity contribution < 1.29 is 9.59 Å². The van der Waals surface area contributed by atoms with E-state index in [0.29, 0.717) is 15.9 Å². The van der Waals surface area contributed by atoms with Crippen molar-refractivity contribution in [1.29, 1.82) is 0 Å². The van der Waals surface area contributed by atoms with Gasteiger partial charge in [0.15, 0.2) is 5.78 Å². The first kappa shape index (κ1) is 23.1. The topological polar surface area (TPSA) is 64.3 Å². The van der Waals surface area contributed by atoms with Gasteiger partial charge >= 0.3 is 0 Å². The first-order chi connectivity index (χ1) is 17.7. The van der Waals surface area contributed by atoms with E-state index in [9.17, 15) is 9.59 Å². The van der Waals surface area contributed by atoms with Gasteiger partial charge in [-0.15, -0.1) is 0 Å². The summed E-state index contributed by atoms with van der Waals surface area (Å²) in [6.07, 6.45) is 1.31. The van der Waals surface area contributed by atoms with Crippen molar-refractivity contribution in [1.82, 2.24) is 9.78 Å². The Kier molecular flexibility index (Phi) is 6.87. The molecule has 0 spiro atoms. The highest BCUT2D eigenvalue weighted by Gasteiger charge is 2.16. The largest absolute Gasteiger partial charge is 0.289 e. The van der Waals surface area contributed by atoms with Gasteiger partial charge in [0.25, 0.3) is 0 Å². The maximum absolute atomic E-state index is 13.5. The van der Waals surface area contributed by atoms with Crippen LogP contribution in [0.5, 0.6) is 0 Å². The molecule has 0 amide bonds. The molecule has 0 atom stereocenters. The van der Waals surface area contributed by atoms with Crippen LogP contribution in [0.1, 0.15) is 20.7 Å². The molecule has 5 aromatic rings. The number of carbonyl (C=O) groups is 2. The van der Waals surface area contributed by atoms with Gasteiger partial charge in [-0.3, -0.25) is 9.59 Å². The third kappa shape index (κ3) is 5.19. The monoisotopic (exact) mass is 487 g/mol. The number of carbonyl (C=O) groups excluding carboxylic acids is 2. The highest BCUT2D eigenvalue weighted by Crippen LogP contribution is 2.21. The van der Waals surface area contributed by atoms with Crippen LogP contribution < -0.4 is 4.80 Å². The van der Waals surface area contributed by atoms with Gasteiger partial charge in [0, 0.05) is 22.8 Å². The van der Waals surface area contributed by atoms with Gasteiger partial charge in [0.1, 0.15) is 10.7 Å². The van der Waals surface area contributed by atoms with Crippen LogP contribution in [-0.2, 0) is 0 Å². The van der Waals surface area contributed by atoms with Gasteiger partial charge in [-0.1, -0.05) is 121 Å². The third-order valence-corrected chi connectivity index (χ3v) is 6.35. The SMILES string of the molecule is O=C(/C=C(\N=c1\sc(-c2ccccc2)nn1-c1ccccc1)C(=O)c1ccccc1)c1ccccc1. The Morgan fingerprint density at radius 2 is 1.22 bits per heavy atom. The highest BCUT2D eigenvalue weighted by molar-refractivity contribution is 7.12. The molecule has 0 fully saturated rings. The minimum atomic E-state index is -0.339. The number of aromatic nitrogens is 2. The molecule has 1 aromatic heterocycles. The Hall–Kier alpha value is -4.68. The molecule has 5 nitrogen and oxygen atoms in total. The summed E-state index contributed by atoms with van der Waals surface area (Å²) in [4.78, 5) is 31.8. The van der Waals surface area contributed by atoms with Crippen LogP contribution in [-0.4, -0.2) is 21.3 Å². The Morgan fingerprint density at radius 1 is 0.694 bits per heavy atom. The second kappa shape index (κ2) is 10.7. The minimum Gasteiger partial charge on any atom is -0.289 e. The second-order valence-corrected chi connectivity index (χ2v) is 8.83. The normalized spacial score (nSPS) is 11.9. The molecule has 0 saturated heterocycles. The van der Waals surface area contributed by atoms with E-state index in [0.717, 1.165) is 16.3 Å². The van der Waals surface area contributed by atoms with Gasteiger partial charge in [0.05, 0.1) is 5.69 Å². The number of hydrogen-bond donors (Lipinski definition) is 0. The maximum Gasteiger partial charge on any atom is 0.213 e. The van der Waals surface area contributed by atoms with Crippen molar-refractivity contribution in [2.45, 2.75) is 0 Å². The van der Waals surface area contributed by atoms with Crippen LogP contribution in [0.4, 0.5) is 0 Å². The maximum atomic E-state index is 13.5. The zero-order valence-electron chi connectivity index (χ0n) is 19.2. The van der Waals surface area contributed by atoms with Crippen LogP contribution in [0.15, 0.2) is 138 Å². The minimum absolute atomic E-state index is 0.0444. The Bertz CT molecular complexity index is 1590. The van der Waals surface area contributed by atoms with Gasteiger partial charge in [-0.05, 0) is 12.1 Å². The van der Waals surface area contributed by atoms with E-state index in [1.54, 1.807) is 53.2 Å². The van der Waals surface area contributed by atoms with Crippen molar-refractivity contribution in [2.75, 3.05) is 0 Å². The van der Waals surface area contributed by atoms with Crippen LogP contribution >= 0.6 is 11.3 Å². The summed E-state index contributed by atoms with van der Waals surface area (Å²) in [5, 5.41) is 5.54. The highest BCUT2D eigenvalue weighted by atomic mass is 32.1. The summed E-state index contributed by atoms with van der Waals surface area (Å²) in [6, 6.07) is 37.1. The molecule has 0 radical (unpaired) electrons. The molecule has 0 aliphatic rings. The summed E-state index contributed by atoms with van der Waals surface area (Å²) >= 11 is 1.35. The van der Waals surface area contributed by atoms with Crippen molar-refractivity contribution in [3.8, 4) is 16.3 Å². The number of rotatable bonds is 7. The molecule has 4 aromatic carbocycles. The molecule has 0 saturated carbocycles. The summed E-state index contributed by atoms with van der Waals surface area (Å²) in [7, 11) is 0. The number of para-hydroxylation sites is 1. The first-order valence-corrected chi connectivity index (χ1v) is 12.2. The van der Waals surface area contributed by atoms with Crippen molar-refractivity contribution in [3.63, 3.8) is 0 Å². The van der Waals surface area contributed by atoms with Gasteiger partial charge < -0.3 is 0 Å². The lowest BCUT2D eigenvalue weighted by Gasteiger charge is -2.04. The fourth-order valence-corrected chi connectivity index (χ4v) is 4.51. The predicted octanol–water partition coefficient (Wildman–Crippen LogP) is 6.15. The predicted molar refractivity (Wildman–Crippen MR) is 142 cm³/mol. The van der Waals surface area contributed by atoms with Gasteiger partial charge in [-0.25, -0.2) is 9.67 Å². The third-order valence-electron chi connectivity index (χ3n) is 5.39. The van der Waals surface area contributed by atoms with Crippen LogP contribution in [0, 0.1) is 0 Å². The van der Waals surface area contributed by atoms with E-state index in [2.05, 4.69) is 0 Å². The van der Waals surface area contributed by atoms with E-state index < -0.39 is 0 Å². The number of Topliss-reactive ketones (excluding diaryl/α,β-unsaturated/α-hetero) is 1. The fourth-order valence-electron chi connectivity index (χ4n) is 3.59. The second-order valence-electron chi connectivity index (χ2n) is 7.87. The smallest absolute Gasteiger partial charge is 0.213 e. The molecular formula is C30H21N3O2S. The number of allylic oxidation sites excluding steroid dienone is 2. The molecule has 5 rings (SSSR count). The number of nitrogens with zero attached hydrogens (tertiary/aromatic N) is 3. The molecule has 6 heteroatoms. The summed E-state index contributed by atoms with van der Waals surface area (Å²) in [5.41, 5.74) is 2.72. The number of hydrogen-bond acceptors (Lipinski definition) is 5. The Morgan fingerprint density at radius 3 is 1.83 bits per heavy atom. The molecular weight excluding hydrogens is 466 g/mol. The van der Waals surface area contributed by atoms with E-state index in [1.165, 1.54) is 17.4 Å². The lowest BCUT2D eigenvalue weighted by molar-refractivity contribution is 0.101.